The fraction of sp³-hybridized carbons (Fsp3) is 0.143. The van der Waals surface area contributed by atoms with E-state index in [1.54, 1.807) is 12.1 Å². The van der Waals surface area contributed by atoms with Gasteiger partial charge in [-0.1, -0.05) is 17.7 Å². The lowest BCUT2D eigenvalue weighted by Crippen LogP contribution is -2.15. The second kappa shape index (κ2) is 6.25. The minimum Gasteiger partial charge on any atom is -0.278 e. The molecule has 0 aromatic heterocycles. The van der Waals surface area contributed by atoms with Gasteiger partial charge in [0, 0.05) is 6.07 Å². The SMILES string of the molecule is Cc1ccc(S(=O)(=O)Nc2c(C)cc([N+](=O)[O-])c(F)c2Br)cc1. The van der Waals surface area contributed by atoms with Crippen molar-refractivity contribution < 1.29 is 17.7 Å². The molecule has 2 aromatic carbocycles. The number of anilines is 1. The summed E-state index contributed by atoms with van der Waals surface area (Å²) in [5.74, 6) is -1.14. The van der Waals surface area contributed by atoms with Crippen molar-refractivity contribution in [1.29, 1.82) is 0 Å². The maximum atomic E-state index is 14.0. The zero-order chi connectivity index (χ0) is 17.4. The van der Waals surface area contributed by atoms with E-state index in [1.165, 1.54) is 19.1 Å². The highest BCUT2D eigenvalue weighted by Gasteiger charge is 2.25. The van der Waals surface area contributed by atoms with Gasteiger partial charge < -0.3 is 0 Å². The van der Waals surface area contributed by atoms with Crippen LogP contribution in [0.4, 0.5) is 15.8 Å². The van der Waals surface area contributed by atoms with Gasteiger partial charge in [0.25, 0.3) is 10.0 Å². The van der Waals surface area contributed by atoms with Crippen molar-refractivity contribution in [3.8, 4) is 0 Å². The third kappa shape index (κ3) is 3.50. The first-order valence-corrected chi connectivity index (χ1v) is 8.63. The summed E-state index contributed by atoms with van der Waals surface area (Å²) in [7, 11) is -3.94. The lowest BCUT2D eigenvalue weighted by Gasteiger charge is -2.13. The molecule has 6 nitrogen and oxygen atoms in total. The maximum absolute atomic E-state index is 14.0. The summed E-state index contributed by atoms with van der Waals surface area (Å²) in [6.07, 6.45) is 0. The van der Waals surface area contributed by atoms with E-state index >= 15 is 0 Å². The third-order valence-corrected chi connectivity index (χ3v) is 5.26. The third-order valence-electron chi connectivity index (χ3n) is 3.15. The smallest absolute Gasteiger partial charge is 0.278 e. The molecular formula is C14H12BrFN2O4S. The summed E-state index contributed by atoms with van der Waals surface area (Å²) >= 11 is 2.88. The van der Waals surface area contributed by atoms with Crippen LogP contribution < -0.4 is 4.72 Å². The van der Waals surface area contributed by atoms with Crippen LogP contribution in [0.2, 0.25) is 0 Å². The van der Waals surface area contributed by atoms with Crippen molar-refractivity contribution in [3.05, 3.63) is 61.9 Å². The Morgan fingerprint density at radius 2 is 1.78 bits per heavy atom. The number of nitrogens with zero attached hydrogens (tertiary/aromatic N) is 1. The van der Waals surface area contributed by atoms with E-state index in [9.17, 15) is 22.9 Å². The Bertz CT molecular complexity index is 883. The van der Waals surface area contributed by atoms with E-state index in [2.05, 4.69) is 20.7 Å². The van der Waals surface area contributed by atoms with Gasteiger partial charge in [-0.2, -0.15) is 4.39 Å². The second-order valence-electron chi connectivity index (χ2n) is 4.89. The number of sulfonamides is 1. The molecule has 2 rings (SSSR count). The lowest BCUT2D eigenvalue weighted by molar-refractivity contribution is -0.387. The lowest BCUT2D eigenvalue weighted by atomic mass is 10.2. The van der Waals surface area contributed by atoms with E-state index in [-0.39, 0.29) is 20.6 Å². The van der Waals surface area contributed by atoms with E-state index in [0.29, 0.717) is 0 Å². The monoisotopic (exact) mass is 402 g/mol. The summed E-state index contributed by atoms with van der Waals surface area (Å²) in [6.45, 7) is 3.26. The predicted molar refractivity (Wildman–Crippen MR) is 87.5 cm³/mol. The molecule has 0 amide bonds. The van der Waals surface area contributed by atoms with E-state index < -0.39 is 26.5 Å². The van der Waals surface area contributed by atoms with Crippen molar-refractivity contribution in [1.82, 2.24) is 0 Å². The zero-order valence-electron chi connectivity index (χ0n) is 12.1. The van der Waals surface area contributed by atoms with Gasteiger partial charge in [-0.15, -0.1) is 0 Å². The fourth-order valence-corrected chi connectivity index (χ4v) is 3.79. The van der Waals surface area contributed by atoms with Crippen molar-refractivity contribution in [3.63, 3.8) is 0 Å². The molecule has 0 aliphatic heterocycles. The van der Waals surface area contributed by atoms with Gasteiger partial charge in [0.15, 0.2) is 0 Å². The van der Waals surface area contributed by atoms with Gasteiger partial charge >= 0.3 is 5.69 Å². The first kappa shape index (κ1) is 17.4. The zero-order valence-corrected chi connectivity index (χ0v) is 14.5. The Balaban J connectivity index is 2.50. The van der Waals surface area contributed by atoms with Crippen LogP contribution in [0.3, 0.4) is 0 Å². The number of hydrogen-bond donors (Lipinski definition) is 1. The van der Waals surface area contributed by atoms with Crippen molar-refractivity contribution >= 4 is 37.3 Å². The first-order chi connectivity index (χ1) is 10.6. The molecule has 0 aliphatic rings. The highest BCUT2D eigenvalue weighted by Crippen LogP contribution is 2.36. The van der Waals surface area contributed by atoms with Crippen LogP contribution in [-0.4, -0.2) is 13.3 Å². The Kier molecular flexibility index (Phi) is 4.71. The standard InChI is InChI=1S/C14H12BrFN2O4S/c1-8-3-5-10(6-4-8)23(21,22)17-14-9(2)7-11(18(19)20)13(16)12(14)15/h3-7,17H,1-2H3. The van der Waals surface area contributed by atoms with Gasteiger partial charge in [-0.3, -0.25) is 14.8 Å². The van der Waals surface area contributed by atoms with Crippen LogP contribution >= 0.6 is 15.9 Å². The summed E-state index contributed by atoms with van der Waals surface area (Å²) in [6, 6.07) is 7.08. The molecule has 0 aliphatic carbocycles. The maximum Gasteiger partial charge on any atom is 0.306 e. The quantitative estimate of drug-likeness (QED) is 0.619. The Morgan fingerprint density at radius 1 is 1.22 bits per heavy atom. The van der Waals surface area contributed by atoms with Crippen molar-refractivity contribution in [2.24, 2.45) is 0 Å². The normalized spacial score (nSPS) is 11.3. The molecule has 0 atom stereocenters. The molecule has 122 valence electrons. The van der Waals surface area contributed by atoms with Gasteiger partial charge in [-0.05, 0) is 47.5 Å². The molecule has 9 heteroatoms. The number of halogens is 2. The number of rotatable bonds is 4. The van der Waals surface area contributed by atoms with Crippen LogP contribution in [0.5, 0.6) is 0 Å². The van der Waals surface area contributed by atoms with Crippen molar-refractivity contribution in [2.45, 2.75) is 18.7 Å². The topological polar surface area (TPSA) is 89.3 Å². The van der Waals surface area contributed by atoms with Crippen LogP contribution in [-0.2, 0) is 10.0 Å². The Morgan fingerprint density at radius 3 is 2.30 bits per heavy atom. The molecule has 0 bridgehead atoms. The molecule has 0 spiro atoms. The number of nitro benzene ring substituents is 1. The summed E-state index contributed by atoms with van der Waals surface area (Å²) < 4.78 is 40.7. The second-order valence-corrected chi connectivity index (χ2v) is 7.37. The van der Waals surface area contributed by atoms with Crippen molar-refractivity contribution in [2.75, 3.05) is 4.72 Å². The number of aryl methyl sites for hydroxylation is 2. The van der Waals surface area contributed by atoms with Crippen LogP contribution in [0.15, 0.2) is 39.7 Å². The minimum atomic E-state index is -3.94. The van der Waals surface area contributed by atoms with Crippen LogP contribution in [0, 0.1) is 29.8 Å². The molecule has 23 heavy (non-hydrogen) atoms. The molecule has 1 N–H and O–H groups in total. The predicted octanol–water partition coefficient (Wildman–Crippen LogP) is 3.91. The fourth-order valence-electron chi connectivity index (χ4n) is 1.90. The number of nitro groups is 1. The van der Waals surface area contributed by atoms with Gasteiger partial charge in [0.2, 0.25) is 5.82 Å². The van der Waals surface area contributed by atoms with Crippen LogP contribution in [0.1, 0.15) is 11.1 Å². The molecule has 0 saturated heterocycles. The van der Waals surface area contributed by atoms with E-state index in [1.807, 2.05) is 6.92 Å². The molecule has 0 unspecified atom stereocenters. The average molecular weight is 403 g/mol. The molecule has 0 saturated carbocycles. The highest BCUT2D eigenvalue weighted by molar-refractivity contribution is 9.10. The number of hydrogen-bond acceptors (Lipinski definition) is 4. The number of nitrogens with one attached hydrogen (secondary N) is 1. The molecule has 2 aromatic rings. The minimum absolute atomic E-state index is 0.00756. The Labute approximate surface area is 140 Å². The number of benzene rings is 2. The molecule has 0 heterocycles. The van der Waals surface area contributed by atoms with Gasteiger partial charge in [0.05, 0.1) is 20.0 Å². The van der Waals surface area contributed by atoms with E-state index in [0.717, 1.165) is 11.6 Å². The summed E-state index contributed by atoms with van der Waals surface area (Å²) in [5, 5.41) is 10.8. The molecule has 0 radical (unpaired) electrons. The van der Waals surface area contributed by atoms with Crippen LogP contribution in [0.25, 0.3) is 0 Å². The largest absolute Gasteiger partial charge is 0.306 e. The highest BCUT2D eigenvalue weighted by atomic mass is 79.9. The first-order valence-electron chi connectivity index (χ1n) is 6.36. The summed E-state index contributed by atoms with van der Waals surface area (Å²) in [4.78, 5) is 9.92. The average Bonchev–Trinajstić information content (AvgIpc) is 2.47. The summed E-state index contributed by atoms with van der Waals surface area (Å²) in [5.41, 5.74) is 0.310. The molecule has 0 fully saturated rings. The van der Waals surface area contributed by atoms with Gasteiger partial charge in [0.1, 0.15) is 0 Å². The molecular weight excluding hydrogens is 391 g/mol. The Hall–Kier alpha value is -2.00. The van der Waals surface area contributed by atoms with E-state index in [4.69, 9.17) is 0 Å². The van der Waals surface area contributed by atoms with Gasteiger partial charge in [-0.25, -0.2) is 8.42 Å².